The van der Waals surface area contributed by atoms with Gasteiger partial charge in [0.05, 0.1) is 4.90 Å². The van der Waals surface area contributed by atoms with Crippen molar-refractivity contribution in [1.29, 1.82) is 0 Å². The van der Waals surface area contributed by atoms with Crippen LogP contribution in [0.3, 0.4) is 0 Å². The number of benzene rings is 1. The Labute approximate surface area is 226 Å². The first kappa shape index (κ1) is 30.7. The third-order valence-electron chi connectivity index (χ3n) is 6.50. The van der Waals surface area contributed by atoms with Gasteiger partial charge in [0.15, 0.2) is 18.2 Å². The van der Waals surface area contributed by atoms with Crippen LogP contribution in [0.4, 0.5) is 4.79 Å². The highest BCUT2D eigenvalue weighted by molar-refractivity contribution is 9.10. The quantitative estimate of drug-likeness (QED) is 0.224. The molecular weight excluding hydrogens is 560 g/mol. The van der Waals surface area contributed by atoms with E-state index in [2.05, 4.69) is 54.8 Å². The molecule has 1 atom stereocenters. The highest BCUT2D eigenvalue weighted by Gasteiger charge is 2.39. The lowest BCUT2D eigenvalue weighted by Crippen LogP contribution is -2.48. The summed E-state index contributed by atoms with van der Waals surface area (Å²) in [7, 11) is -5.92. The van der Waals surface area contributed by atoms with Crippen molar-refractivity contribution >= 4 is 51.0 Å². The normalized spacial score (nSPS) is 14.1. The summed E-state index contributed by atoms with van der Waals surface area (Å²) in [5.74, 6) is 0. The van der Waals surface area contributed by atoms with Gasteiger partial charge in [0.25, 0.3) is 0 Å². The minimum absolute atomic E-state index is 0.0593. The number of ether oxygens (including phenoxy) is 1. The molecule has 0 aliphatic rings. The zero-order valence-corrected chi connectivity index (χ0v) is 26.4. The maximum absolute atomic E-state index is 14.0. The van der Waals surface area contributed by atoms with E-state index >= 15 is 0 Å². The number of amides is 1. The molecule has 0 spiro atoms. The van der Waals surface area contributed by atoms with Crippen molar-refractivity contribution in [3.05, 3.63) is 35.1 Å². The maximum atomic E-state index is 14.0. The van der Waals surface area contributed by atoms with E-state index in [0.717, 1.165) is 0 Å². The van der Waals surface area contributed by atoms with E-state index in [1.54, 1.807) is 52.2 Å². The number of fused-ring (bicyclic) bond motifs is 1. The molecule has 2 rings (SSSR count). The number of nitrogens with zero attached hydrogens (tertiary/aromatic N) is 2. The van der Waals surface area contributed by atoms with Crippen molar-refractivity contribution in [3.63, 3.8) is 0 Å². The van der Waals surface area contributed by atoms with Crippen LogP contribution in [0.2, 0.25) is 18.1 Å². The van der Waals surface area contributed by atoms with Gasteiger partial charge in [-0.15, -0.1) is 0 Å². The first-order valence-corrected chi connectivity index (χ1v) is 17.6. The van der Waals surface area contributed by atoms with Gasteiger partial charge in [-0.3, -0.25) is 9.88 Å². The average Bonchev–Trinajstić information content (AvgIpc) is 2.73. The van der Waals surface area contributed by atoms with E-state index in [-0.39, 0.29) is 22.9 Å². The summed E-state index contributed by atoms with van der Waals surface area (Å²) in [4.78, 5) is 19.0. The van der Waals surface area contributed by atoms with Gasteiger partial charge in [0, 0.05) is 40.8 Å². The van der Waals surface area contributed by atoms with Crippen LogP contribution in [0.25, 0.3) is 10.8 Å². The Bertz CT molecular complexity index is 1170. The van der Waals surface area contributed by atoms with Gasteiger partial charge >= 0.3 is 6.09 Å². The smallest absolute Gasteiger partial charge is 0.411 e. The molecule has 1 amide bonds. The maximum Gasteiger partial charge on any atom is 0.411 e. The van der Waals surface area contributed by atoms with Crippen molar-refractivity contribution < 1.29 is 22.4 Å². The molecule has 0 aliphatic heterocycles. The fourth-order valence-corrected chi connectivity index (χ4v) is 7.42. The first-order chi connectivity index (χ1) is 16.4. The number of sulfone groups is 1. The summed E-state index contributed by atoms with van der Waals surface area (Å²) in [6, 6.07) is 5.09. The van der Waals surface area contributed by atoms with Crippen LogP contribution in [-0.4, -0.2) is 56.8 Å². The molecule has 0 unspecified atom stereocenters. The number of hydrogen-bond donors (Lipinski definition) is 0. The monoisotopic (exact) mass is 600 g/mol. The Morgan fingerprint density at radius 1 is 1.14 bits per heavy atom. The van der Waals surface area contributed by atoms with Crippen molar-refractivity contribution in [2.45, 2.75) is 95.3 Å². The van der Waals surface area contributed by atoms with Crippen LogP contribution in [0, 0.1) is 0 Å². The highest BCUT2D eigenvalue weighted by atomic mass is 79.9. The van der Waals surface area contributed by atoms with Gasteiger partial charge in [0.1, 0.15) is 11.0 Å². The summed E-state index contributed by atoms with van der Waals surface area (Å²) in [5, 5.41) is 0.221. The molecule has 0 saturated carbocycles. The second kappa shape index (κ2) is 11.5. The second-order valence-corrected chi connectivity index (χ2v) is 19.3. The molecule has 0 aliphatic carbocycles. The SMILES string of the molecule is CC[C@@H](N(CCCO[Si](C)(C)C(C)(C)C)C(=O)OC(C)(C)C)S(=O)(=O)c1cccc2cncc(Br)c12. The van der Waals surface area contributed by atoms with Crippen molar-refractivity contribution in [1.82, 2.24) is 9.88 Å². The zero-order valence-electron chi connectivity index (χ0n) is 23.0. The van der Waals surface area contributed by atoms with E-state index in [1.807, 2.05) is 6.07 Å². The fraction of sp³-hybridized carbons (Fsp3) is 0.615. The molecule has 0 saturated heterocycles. The minimum Gasteiger partial charge on any atom is -0.444 e. The largest absolute Gasteiger partial charge is 0.444 e. The minimum atomic E-state index is -3.95. The lowest BCUT2D eigenvalue weighted by molar-refractivity contribution is 0.0209. The fourth-order valence-electron chi connectivity index (χ4n) is 3.60. The number of rotatable bonds is 9. The van der Waals surface area contributed by atoms with E-state index in [0.29, 0.717) is 28.3 Å². The number of pyridine rings is 1. The summed E-state index contributed by atoms with van der Waals surface area (Å²) < 4.78 is 40.6. The second-order valence-electron chi connectivity index (χ2n) is 11.5. The molecule has 1 aromatic carbocycles. The highest BCUT2D eigenvalue weighted by Crippen LogP contribution is 2.37. The van der Waals surface area contributed by atoms with Crippen molar-refractivity contribution in [3.8, 4) is 0 Å². The Morgan fingerprint density at radius 3 is 2.33 bits per heavy atom. The molecule has 10 heteroatoms. The molecule has 36 heavy (non-hydrogen) atoms. The Balaban J connectivity index is 2.43. The van der Waals surface area contributed by atoms with Gasteiger partial charge in [-0.1, -0.05) is 39.8 Å². The number of carbonyl (C=O) groups is 1. The van der Waals surface area contributed by atoms with Crippen molar-refractivity contribution in [2.24, 2.45) is 0 Å². The topological polar surface area (TPSA) is 85.8 Å². The lowest BCUT2D eigenvalue weighted by Gasteiger charge is -2.37. The van der Waals surface area contributed by atoms with Gasteiger partial charge in [0.2, 0.25) is 0 Å². The molecule has 0 radical (unpaired) electrons. The van der Waals surface area contributed by atoms with Crippen molar-refractivity contribution in [2.75, 3.05) is 13.2 Å². The van der Waals surface area contributed by atoms with Gasteiger partial charge in [-0.25, -0.2) is 13.2 Å². The molecule has 2 aromatic rings. The lowest BCUT2D eigenvalue weighted by atomic mass is 10.2. The molecule has 0 bridgehead atoms. The number of carbonyl (C=O) groups excluding carboxylic acids is 1. The third-order valence-corrected chi connectivity index (χ3v) is 13.9. The molecule has 1 aromatic heterocycles. The van der Waals surface area contributed by atoms with E-state index in [9.17, 15) is 13.2 Å². The van der Waals surface area contributed by atoms with Gasteiger partial charge in [-0.05, 0) is 73.7 Å². The molecular formula is C26H41BrN2O5SSi. The molecule has 202 valence electrons. The van der Waals surface area contributed by atoms with E-state index < -0.39 is 35.2 Å². The van der Waals surface area contributed by atoms with E-state index in [1.165, 1.54) is 4.90 Å². The standard InChI is InChI=1S/C26H41BrN2O5SSi/c1-10-22(35(31,32)21-14-11-13-19-17-28-18-20(27)23(19)21)29(24(30)34-25(2,3)4)15-12-16-33-36(8,9)26(5,6)7/h11,13-14,17-18,22H,10,12,15-16H2,1-9H3/t22-/m0/s1. The summed E-state index contributed by atoms with van der Waals surface area (Å²) >= 11 is 3.46. The molecule has 0 fully saturated rings. The average molecular weight is 602 g/mol. The van der Waals surface area contributed by atoms with E-state index in [4.69, 9.17) is 9.16 Å². The number of halogens is 1. The predicted molar refractivity (Wildman–Crippen MR) is 151 cm³/mol. The molecule has 1 heterocycles. The zero-order chi connectivity index (χ0) is 27.5. The Kier molecular flexibility index (Phi) is 9.81. The van der Waals surface area contributed by atoms with Crippen LogP contribution in [-0.2, 0) is 19.0 Å². The Hall–Kier alpha value is -1.49. The van der Waals surface area contributed by atoms with Crippen LogP contribution < -0.4 is 0 Å². The van der Waals surface area contributed by atoms with Gasteiger partial charge in [-0.2, -0.15) is 0 Å². The van der Waals surface area contributed by atoms with Crippen LogP contribution in [0.15, 0.2) is 40.0 Å². The van der Waals surface area contributed by atoms with Gasteiger partial charge < -0.3 is 9.16 Å². The number of hydrogen-bond acceptors (Lipinski definition) is 6. The molecule has 0 N–H and O–H groups in total. The summed E-state index contributed by atoms with van der Waals surface area (Å²) in [5.41, 5.74) is -0.761. The molecule has 7 nitrogen and oxygen atoms in total. The van der Waals surface area contributed by atoms with Crippen LogP contribution in [0.1, 0.15) is 61.3 Å². The van der Waals surface area contributed by atoms with Crippen LogP contribution >= 0.6 is 15.9 Å². The third kappa shape index (κ3) is 7.30. The van der Waals surface area contributed by atoms with Crippen LogP contribution in [0.5, 0.6) is 0 Å². The predicted octanol–water partition coefficient (Wildman–Crippen LogP) is 7.16. The number of aromatic nitrogens is 1. The Morgan fingerprint density at radius 2 is 1.78 bits per heavy atom. The summed E-state index contributed by atoms with van der Waals surface area (Å²) in [6.45, 7) is 18.6. The summed E-state index contributed by atoms with van der Waals surface area (Å²) in [6.07, 6.45) is 3.27. The first-order valence-electron chi connectivity index (χ1n) is 12.3.